The maximum absolute atomic E-state index is 13.0. The van der Waals surface area contributed by atoms with Gasteiger partial charge in [0.25, 0.3) is 5.56 Å². The van der Waals surface area contributed by atoms with Gasteiger partial charge < -0.3 is 9.67 Å². The van der Waals surface area contributed by atoms with Crippen LogP contribution in [0.4, 0.5) is 13.2 Å². The maximum Gasteiger partial charge on any atom is 0.417 e. The Balaban J connectivity index is 2.22. The second kappa shape index (κ2) is 6.80. The van der Waals surface area contributed by atoms with Crippen LogP contribution < -0.4 is 5.56 Å². The summed E-state index contributed by atoms with van der Waals surface area (Å²) < 4.78 is 41.9. The molecule has 0 radical (unpaired) electrons. The Morgan fingerprint density at radius 1 is 1.36 bits per heavy atom. The van der Waals surface area contributed by atoms with Gasteiger partial charge in [-0.2, -0.15) is 23.5 Å². The number of fused-ring (bicyclic) bond motifs is 1. The van der Waals surface area contributed by atoms with E-state index in [1.807, 2.05) is 6.92 Å². The summed E-state index contributed by atoms with van der Waals surface area (Å²) in [6, 6.07) is 4.42. The molecule has 1 atom stereocenters. The Kier molecular flexibility index (Phi) is 4.77. The lowest BCUT2D eigenvalue weighted by Gasteiger charge is -2.16. The third-order valence-corrected chi connectivity index (χ3v) is 4.68. The van der Waals surface area contributed by atoms with Crippen molar-refractivity contribution < 1.29 is 18.3 Å². The average molecular weight is 390 g/mol. The van der Waals surface area contributed by atoms with E-state index in [2.05, 4.69) is 5.10 Å². The molecular weight excluding hydrogens is 373 g/mol. The smallest absolute Gasteiger partial charge is 0.382 e. The Morgan fingerprint density at radius 2 is 2.04 bits per heavy atom. The lowest BCUT2D eigenvalue weighted by molar-refractivity contribution is -0.137. The molecule has 3 rings (SSSR count). The Bertz CT molecular complexity index is 1170. The van der Waals surface area contributed by atoms with E-state index in [0.717, 1.165) is 18.2 Å². The topological polar surface area (TPSA) is 83.8 Å². The Hall–Kier alpha value is -3.12. The van der Waals surface area contributed by atoms with Crippen LogP contribution in [0, 0.1) is 18.3 Å². The van der Waals surface area contributed by atoms with Gasteiger partial charge in [-0.3, -0.25) is 9.48 Å². The molecule has 1 aromatic carbocycles. The zero-order valence-corrected chi connectivity index (χ0v) is 15.4. The number of alkyl halides is 3. The van der Waals surface area contributed by atoms with Crippen molar-refractivity contribution in [2.45, 2.75) is 32.7 Å². The normalized spacial score (nSPS) is 12.9. The van der Waals surface area contributed by atoms with Gasteiger partial charge in [-0.1, -0.05) is 6.07 Å². The van der Waals surface area contributed by atoms with Gasteiger partial charge in [-0.05, 0) is 37.1 Å². The fraction of sp³-hybridized carbons (Fsp3) is 0.316. The number of nitriles is 1. The highest BCUT2D eigenvalue weighted by molar-refractivity contribution is 5.84. The van der Waals surface area contributed by atoms with E-state index in [-0.39, 0.29) is 22.3 Å². The van der Waals surface area contributed by atoms with E-state index in [4.69, 9.17) is 5.26 Å². The van der Waals surface area contributed by atoms with E-state index in [0.29, 0.717) is 17.5 Å². The molecule has 146 valence electrons. The van der Waals surface area contributed by atoms with Crippen LogP contribution in [0.25, 0.3) is 10.9 Å². The third-order valence-electron chi connectivity index (χ3n) is 4.68. The standard InChI is InChI=1S/C19H17F3N4O2/c1-4-26-9-10(2)14-15(18(26)28)24-25(3)16(14)17(27)11-5-6-13(19(20,21)22)12(7-11)8-23/h5-7,9,17,27H,4H2,1-3H3. The Labute approximate surface area is 158 Å². The summed E-state index contributed by atoms with van der Waals surface area (Å²) in [5.41, 5.74) is -0.715. The minimum absolute atomic E-state index is 0.105. The van der Waals surface area contributed by atoms with Crippen LogP contribution in [0.5, 0.6) is 0 Å². The lowest BCUT2D eigenvalue weighted by atomic mass is 9.97. The number of benzene rings is 1. The summed E-state index contributed by atoms with van der Waals surface area (Å²) in [7, 11) is 1.54. The summed E-state index contributed by atoms with van der Waals surface area (Å²) in [6.45, 7) is 4.03. The minimum Gasteiger partial charge on any atom is -0.382 e. The molecule has 3 aromatic rings. The van der Waals surface area contributed by atoms with Crippen LogP contribution in [0.2, 0.25) is 0 Å². The first kappa shape index (κ1) is 19.6. The van der Waals surface area contributed by atoms with E-state index in [1.54, 1.807) is 20.2 Å². The molecule has 0 aliphatic heterocycles. The molecule has 0 saturated heterocycles. The highest BCUT2D eigenvalue weighted by Crippen LogP contribution is 2.35. The molecule has 2 aromatic heterocycles. The molecule has 9 heteroatoms. The number of aliphatic hydroxyl groups is 1. The number of aryl methyl sites for hydroxylation is 3. The largest absolute Gasteiger partial charge is 0.417 e. The van der Waals surface area contributed by atoms with Crippen LogP contribution in [-0.4, -0.2) is 19.5 Å². The van der Waals surface area contributed by atoms with Gasteiger partial charge >= 0.3 is 6.18 Å². The summed E-state index contributed by atoms with van der Waals surface area (Å²) in [6.07, 6.45) is -4.38. The Morgan fingerprint density at radius 3 is 2.61 bits per heavy atom. The van der Waals surface area contributed by atoms with Crippen molar-refractivity contribution in [2.24, 2.45) is 7.05 Å². The SMILES string of the molecule is CCn1cc(C)c2c(C(O)c3ccc(C(F)(F)F)c(C#N)c3)n(C)nc2c1=O. The zero-order chi connectivity index (χ0) is 20.8. The molecule has 6 nitrogen and oxygen atoms in total. The monoisotopic (exact) mass is 390 g/mol. The number of hydrogen-bond acceptors (Lipinski definition) is 4. The quantitative estimate of drug-likeness (QED) is 0.745. The first-order valence-corrected chi connectivity index (χ1v) is 8.46. The van der Waals surface area contributed by atoms with Crippen LogP contribution in [0.1, 0.15) is 41.0 Å². The molecule has 0 aliphatic rings. The molecule has 2 heterocycles. The third kappa shape index (κ3) is 3.05. The second-order valence-corrected chi connectivity index (χ2v) is 6.45. The van der Waals surface area contributed by atoms with E-state index < -0.39 is 23.4 Å². The summed E-state index contributed by atoms with van der Waals surface area (Å²) in [5.74, 6) is 0. The van der Waals surface area contributed by atoms with Gasteiger partial charge in [0.05, 0.1) is 22.9 Å². The number of nitrogens with zero attached hydrogens (tertiary/aromatic N) is 4. The fourth-order valence-electron chi connectivity index (χ4n) is 3.35. The van der Waals surface area contributed by atoms with Crippen molar-refractivity contribution in [1.82, 2.24) is 14.3 Å². The molecule has 1 unspecified atom stereocenters. The number of aromatic nitrogens is 3. The summed E-state index contributed by atoms with van der Waals surface area (Å²) in [4.78, 5) is 12.5. The summed E-state index contributed by atoms with van der Waals surface area (Å²) in [5, 5.41) is 24.6. The number of pyridine rings is 1. The molecule has 0 amide bonds. The highest BCUT2D eigenvalue weighted by Gasteiger charge is 2.34. The van der Waals surface area contributed by atoms with Crippen LogP contribution in [0.3, 0.4) is 0 Å². The molecule has 0 saturated carbocycles. The molecule has 0 spiro atoms. The second-order valence-electron chi connectivity index (χ2n) is 6.45. The van der Waals surface area contributed by atoms with Gasteiger partial charge in [0.15, 0.2) is 5.52 Å². The van der Waals surface area contributed by atoms with Gasteiger partial charge in [-0.15, -0.1) is 0 Å². The molecular formula is C19H17F3N4O2. The zero-order valence-electron chi connectivity index (χ0n) is 15.4. The van der Waals surface area contributed by atoms with E-state index in [1.165, 1.54) is 15.3 Å². The summed E-state index contributed by atoms with van der Waals surface area (Å²) >= 11 is 0. The van der Waals surface area contributed by atoms with E-state index >= 15 is 0 Å². The van der Waals surface area contributed by atoms with Crippen molar-refractivity contribution in [2.75, 3.05) is 0 Å². The van der Waals surface area contributed by atoms with Gasteiger partial charge in [0, 0.05) is 25.2 Å². The predicted octanol–water partition coefficient (Wildman–Crippen LogP) is 3.04. The first-order valence-electron chi connectivity index (χ1n) is 8.46. The lowest BCUT2D eigenvalue weighted by Crippen LogP contribution is -2.19. The van der Waals surface area contributed by atoms with Crippen molar-refractivity contribution in [3.63, 3.8) is 0 Å². The number of halogens is 3. The number of rotatable bonds is 3. The fourth-order valence-corrected chi connectivity index (χ4v) is 3.35. The maximum atomic E-state index is 13.0. The molecule has 1 N–H and O–H groups in total. The predicted molar refractivity (Wildman–Crippen MR) is 95.6 cm³/mol. The molecule has 0 bridgehead atoms. The van der Waals surface area contributed by atoms with E-state index in [9.17, 15) is 23.1 Å². The van der Waals surface area contributed by atoms with Gasteiger partial charge in [-0.25, -0.2) is 0 Å². The molecule has 0 aliphatic carbocycles. The van der Waals surface area contributed by atoms with Gasteiger partial charge in [0.1, 0.15) is 6.10 Å². The molecule has 0 fully saturated rings. The minimum atomic E-state index is -4.67. The molecule has 28 heavy (non-hydrogen) atoms. The van der Waals surface area contributed by atoms with Gasteiger partial charge in [0.2, 0.25) is 0 Å². The number of hydrogen-bond donors (Lipinski definition) is 1. The van der Waals surface area contributed by atoms with Crippen molar-refractivity contribution >= 4 is 10.9 Å². The van der Waals surface area contributed by atoms with Crippen LogP contribution in [-0.2, 0) is 19.8 Å². The van der Waals surface area contributed by atoms with Crippen molar-refractivity contribution in [3.05, 3.63) is 62.7 Å². The van der Waals surface area contributed by atoms with Crippen LogP contribution in [0.15, 0.2) is 29.2 Å². The highest BCUT2D eigenvalue weighted by atomic mass is 19.4. The van der Waals surface area contributed by atoms with Crippen LogP contribution >= 0.6 is 0 Å². The number of aliphatic hydroxyl groups excluding tert-OH is 1. The van der Waals surface area contributed by atoms with Crippen molar-refractivity contribution in [3.8, 4) is 6.07 Å². The average Bonchev–Trinajstić information content (AvgIpc) is 3.00. The first-order chi connectivity index (χ1) is 13.1. The van der Waals surface area contributed by atoms with Crippen molar-refractivity contribution in [1.29, 1.82) is 5.26 Å².